The van der Waals surface area contributed by atoms with E-state index in [0.717, 1.165) is 25.7 Å². The normalized spacial score (nSPS) is 59.6. The fourth-order valence-electron chi connectivity index (χ4n) is 8.15. The van der Waals surface area contributed by atoms with E-state index in [1.807, 2.05) is 0 Å². The molecule has 4 saturated carbocycles. The summed E-state index contributed by atoms with van der Waals surface area (Å²) in [4.78, 5) is 0. The second-order valence-electron chi connectivity index (χ2n) is 10.0. The van der Waals surface area contributed by atoms with E-state index in [0.29, 0.717) is 18.4 Å². The lowest BCUT2D eigenvalue weighted by molar-refractivity contribution is -0.405. The molecule has 6 fully saturated rings. The van der Waals surface area contributed by atoms with E-state index in [9.17, 15) is 10.2 Å². The molecule has 3 nitrogen and oxygen atoms in total. The van der Waals surface area contributed by atoms with Gasteiger partial charge in [-0.25, -0.2) is 0 Å². The minimum atomic E-state index is -1.05. The van der Waals surface area contributed by atoms with Crippen LogP contribution < -0.4 is 0 Å². The number of rotatable bonds is 0. The summed E-state index contributed by atoms with van der Waals surface area (Å²) in [5, 5.41) is 22.2. The molecule has 2 saturated heterocycles. The monoisotopic (exact) mass is 318 g/mol. The van der Waals surface area contributed by atoms with Crippen molar-refractivity contribution in [3.05, 3.63) is 12.2 Å². The molecule has 2 heterocycles. The molecule has 0 aromatic heterocycles. The van der Waals surface area contributed by atoms with E-state index in [4.69, 9.17) is 4.74 Å². The van der Waals surface area contributed by atoms with Gasteiger partial charge in [0.05, 0.1) is 12.7 Å². The van der Waals surface area contributed by atoms with Gasteiger partial charge in [-0.2, -0.15) is 0 Å². The van der Waals surface area contributed by atoms with Gasteiger partial charge in [-0.05, 0) is 55.8 Å². The predicted molar refractivity (Wildman–Crippen MR) is 87.5 cm³/mol. The molecule has 0 unspecified atom stereocenters. The summed E-state index contributed by atoms with van der Waals surface area (Å²) in [5.74, 6) is 0.414. The van der Waals surface area contributed by atoms with E-state index in [1.165, 1.54) is 24.8 Å². The number of hydrogen-bond donors (Lipinski definition) is 2. The average molecular weight is 318 g/mol. The maximum atomic E-state index is 11.2. The lowest BCUT2D eigenvalue weighted by Gasteiger charge is -2.72. The molecule has 0 aromatic rings. The Morgan fingerprint density at radius 3 is 2.65 bits per heavy atom. The van der Waals surface area contributed by atoms with Crippen LogP contribution in [0, 0.1) is 34.0 Å². The van der Waals surface area contributed by atoms with Crippen molar-refractivity contribution in [3.8, 4) is 0 Å². The summed E-state index contributed by atoms with van der Waals surface area (Å²) < 4.78 is 6.09. The Bertz CT molecular complexity index is 571. The smallest absolute Gasteiger partial charge is 0.170 e. The molecule has 0 aromatic carbocycles. The van der Waals surface area contributed by atoms with E-state index in [1.54, 1.807) is 0 Å². The van der Waals surface area contributed by atoms with Crippen molar-refractivity contribution in [2.75, 3.05) is 6.61 Å². The number of fused-ring (bicyclic) bond motifs is 3. The molecular weight excluding hydrogens is 288 g/mol. The quantitative estimate of drug-likeness (QED) is 0.674. The topological polar surface area (TPSA) is 49.7 Å². The van der Waals surface area contributed by atoms with E-state index in [-0.39, 0.29) is 28.3 Å². The minimum Gasteiger partial charge on any atom is -0.393 e. The first-order chi connectivity index (χ1) is 10.7. The van der Waals surface area contributed by atoms with Crippen LogP contribution in [0.15, 0.2) is 12.2 Å². The SMILES string of the molecule is C=C1C[C@]23C[C@H]1CC[C@H]2[C@@]12CC[C@@](O)(OC1)C(C)(C)[C@H]2[C@H](O)C3. The Hall–Kier alpha value is -0.380. The van der Waals surface area contributed by atoms with Gasteiger partial charge >= 0.3 is 0 Å². The molecule has 23 heavy (non-hydrogen) atoms. The fraction of sp³-hybridized carbons (Fsp3) is 0.900. The lowest BCUT2D eigenvalue weighted by Crippen LogP contribution is -2.74. The molecule has 6 aliphatic rings. The number of aliphatic hydroxyl groups excluding tert-OH is 1. The zero-order chi connectivity index (χ0) is 16.3. The molecule has 4 bridgehead atoms. The third-order valence-corrected chi connectivity index (χ3v) is 8.96. The molecule has 2 spiro atoms. The fourth-order valence-corrected chi connectivity index (χ4v) is 8.15. The van der Waals surface area contributed by atoms with Crippen LogP contribution in [0.3, 0.4) is 0 Å². The van der Waals surface area contributed by atoms with Crippen LogP contribution in [-0.2, 0) is 4.74 Å². The Labute approximate surface area is 139 Å². The van der Waals surface area contributed by atoms with E-state index < -0.39 is 5.79 Å². The average Bonchev–Trinajstić information content (AvgIpc) is 2.70. The highest BCUT2D eigenvalue weighted by atomic mass is 16.6. The van der Waals surface area contributed by atoms with Crippen LogP contribution in [0.25, 0.3) is 0 Å². The molecule has 6 rings (SSSR count). The molecule has 7 atom stereocenters. The molecule has 0 radical (unpaired) electrons. The largest absolute Gasteiger partial charge is 0.393 e. The molecule has 2 N–H and O–H groups in total. The first kappa shape index (κ1) is 14.9. The zero-order valence-corrected chi connectivity index (χ0v) is 14.5. The van der Waals surface area contributed by atoms with Crippen molar-refractivity contribution in [2.24, 2.45) is 34.0 Å². The van der Waals surface area contributed by atoms with Crippen LogP contribution >= 0.6 is 0 Å². The van der Waals surface area contributed by atoms with Gasteiger partial charge < -0.3 is 14.9 Å². The second kappa shape index (κ2) is 4.05. The molecule has 0 amide bonds. The van der Waals surface area contributed by atoms with E-state index in [2.05, 4.69) is 20.4 Å². The summed E-state index contributed by atoms with van der Waals surface area (Å²) in [5.41, 5.74) is 1.36. The van der Waals surface area contributed by atoms with Crippen LogP contribution in [0.4, 0.5) is 0 Å². The number of aliphatic hydroxyl groups is 2. The van der Waals surface area contributed by atoms with Gasteiger partial charge in [0.25, 0.3) is 0 Å². The summed E-state index contributed by atoms with van der Waals surface area (Å²) >= 11 is 0. The van der Waals surface area contributed by atoms with Crippen molar-refractivity contribution in [3.63, 3.8) is 0 Å². The molecule has 3 heteroatoms. The third kappa shape index (κ3) is 1.49. The van der Waals surface area contributed by atoms with Gasteiger partial charge in [-0.15, -0.1) is 0 Å². The van der Waals surface area contributed by atoms with Gasteiger partial charge in [0.15, 0.2) is 5.79 Å². The summed E-state index contributed by atoms with van der Waals surface area (Å²) in [6, 6.07) is 0. The number of allylic oxidation sites excluding steroid dienone is 1. The maximum Gasteiger partial charge on any atom is 0.170 e. The van der Waals surface area contributed by atoms with Crippen LogP contribution in [-0.4, -0.2) is 28.7 Å². The summed E-state index contributed by atoms with van der Waals surface area (Å²) in [6.45, 7) is 9.23. The van der Waals surface area contributed by atoms with Crippen molar-refractivity contribution in [1.82, 2.24) is 0 Å². The number of ether oxygens (including phenoxy) is 1. The first-order valence-corrected chi connectivity index (χ1v) is 9.46. The Morgan fingerprint density at radius 2 is 1.96 bits per heavy atom. The van der Waals surface area contributed by atoms with E-state index >= 15 is 0 Å². The second-order valence-corrected chi connectivity index (χ2v) is 10.0. The Balaban J connectivity index is 1.65. The van der Waals surface area contributed by atoms with Crippen LogP contribution in [0.1, 0.15) is 58.8 Å². The van der Waals surface area contributed by atoms with Gasteiger partial charge in [0.1, 0.15) is 0 Å². The van der Waals surface area contributed by atoms with Crippen molar-refractivity contribution < 1.29 is 14.9 Å². The lowest BCUT2D eigenvalue weighted by atomic mass is 9.38. The van der Waals surface area contributed by atoms with Crippen molar-refractivity contribution in [2.45, 2.75) is 70.7 Å². The maximum absolute atomic E-state index is 11.2. The summed E-state index contributed by atoms with van der Waals surface area (Å²) in [7, 11) is 0. The van der Waals surface area contributed by atoms with Gasteiger partial charge in [-0.3, -0.25) is 0 Å². The Kier molecular flexibility index (Phi) is 2.63. The zero-order valence-electron chi connectivity index (χ0n) is 14.5. The first-order valence-electron chi connectivity index (χ1n) is 9.46. The highest BCUT2D eigenvalue weighted by molar-refractivity contribution is 5.26. The predicted octanol–water partition coefficient (Wildman–Crippen LogP) is 3.26. The van der Waals surface area contributed by atoms with Gasteiger partial charge in [0, 0.05) is 23.2 Å². The molecule has 2 aliphatic heterocycles. The van der Waals surface area contributed by atoms with Gasteiger partial charge in [0.2, 0.25) is 0 Å². The highest BCUT2D eigenvalue weighted by Crippen LogP contribution is 2.75. The van der Waals surface area contributed by atoms with Crippen molar-refractivity contribution in [1.29, 1.82) is 0 Å². The van der Waals surface area contributed by atoms with Crippen LogP contribution in [0.5, 0.6) is 0 Å². The van der Waals surface area contributed by atoms with Crippen LogP contribution in [0.2, 0.25) is 0 Å². The number of hydrogen-bond acceptors (Lipinski definition) is 3. The standard InChI is InChI=1S/C20H30O3/c1-12-8-18-9-13(12)4-5-15(18)19-6-7-20(22,23-11-19)17(2,3)16(19)14(21)10-18/h13-16,21-22H,1,4-11H2,2-3H3/t13-,14-,15-,16-,18-,19-,20-/m1/s1. The highest BCUT2D eigenvalue weighted by Gasteiger charge is 2.74. The summed E-state index contributed by atoms with van der Waals surface area (Å²) in [6.07, 6.45) is 7.18. The Morgan fingerprint density at radius 1 is 1.17 bits per heavy atom. The molecule has 128 valence electrons. The van der Waals surface area contributed by atoms with Gasteiger partial charge in [-0.1, -0.05) is 26.0 Å². The minimum absolute atomic E-state index is 0.0568. The molecule has 4 aliphatic carbocycles. The third-order valence-electron chi connectivity index (χ3n) is 8.96. The molecular formula is C20H30O3. The van der Waals surface area contributed by atoms with Crippen molar-refractivity contribution >= 4 is 0 Å².